The average molecular weight is 225 g/mol. The van der Waals surface area contributed by atoms with Gasteiger partial charge in [0.05, 0.1) is 6.10 Å². The highest BCUT2D eigenvalue weighted by Gasteiger charge is 2.12. The molecule has 1 amide bonds. The number of nitrogens with one attached hydrogen (secondary N) is 1. The van der Waals surface area contributed by atoms with Gasteiger partial charge in [-0.05, 0) is 31.8 Å². The summed E-state index contributed by atoms with van der Waals surface area (Å²) in [7, 11) is 0. The topological polar surface area (TPSA) is 38.3 Å². The molecular formula is C13H23NO2. The Bertz CT molecular complexity index is 210. The lowest BCUT2D eigenvalue weighted by Crippen LogP contribution is -2.22. The summed E-state index contributed by atoms with van der Waals surface area (Å²) in [6.07, 6.45) is 10.3. The summed E-state index contributed by atoms with van der Waals surface area (Å²) in [5, 5.41) is 2.76. The van der Waals surface area contributed by atoms with E-state index in [4.69, 9.17) is 4.74 Å². The molecule has 1 saturated carbocycles. The Hall–Kier alpha value is -0.830. The van der Waals surface area contributed by atoms with E-state index < -0.39 is 0 Å². The molecule has 0 aliphatic heterocycles. The van der Waals surface area contributed by atoms with Crippen LogP contribution < -0.4 is 5.32 Å². The van der Waals surface area contributed by atoms with Gasteiger partial charge in [0.25, 0.3) is 0 Å². The first-order valence-corrected chi connectivity index (χ1v) is 6.35. The van der Waals surface area contributed by atoms with E-state index in [1.807, 2.05) is 0 Å². The van der Waals surface area contributed by atoms with Crippen LogP contribution in [-0.2, 0) is 9.53 Å². The molecule has 1 N–H and O–H groups in total. The number of rotatable bonds is 7. The molecule has 1 fully saturated rings. The van der Waals surface area contributed by atoms with Gasteiger partial charge in [-0.2, -0.15) is 0 Å². The normalized spacial score (nSPS) is 17.0. The number of amides is 1. The van der Waals surface area contributed by atoms with Crippen molar-refractivity contribution < 1.29 is 9.53 Å². The minimum Gasteiger partial charge on any atom is -0.378 e. The van der Waals surface area contributed by atoms with Gasteiger partial charge < -0.3 is 10.1 Å². The lowest BCUT2D eigenvalue weighted by atomic mass is 9.98. The van der Waals surface area contributed by atoms with Gasteiger partial charge in [0.2, 0.25) is 5.91 Å². The van der Waals surface area contributed by atoms with Crippen molar-refractivity contribution in [2.75, 3.05) is 13.2 Å². The molecule has 0 heterocycles. The SMILES string of the molecule is C=CC(=O)NCCCCOC1CCCCC1. The predicted octanol–water partition coefficient (Wildman–Crippen LogP) is 2.42. The molecule has 0 aromatic rings. The third-order valence-electron chi connectivity index (χ3n) is 2.96. The van der Waals surface area contributed by atoms with Crippen molar-refractivity contribution in [3.8, 4) is 0 Å². The van der Waals surface area contributed by atoms with Gasteiger partial charge in [0, 0.05) is 13.2 Å². The maximum Gasteiger partial charge on any atom is 0.243 e. The number of carbonyl (C=O) groups excluding carboxylic acids is 1. The quantitative estimate of drug-likeness (QED) is 0.534. The van der Waals surface area contributed by atoms with Crippen LogP contribution in [0.15, 0.2) is 12.7 Å². The molecule has 0 bridgehead atoms. The van der Waals surface area contributed by atoms with Crippen molar-refractivity contribution in [1.29, 1.82) is 0 Å². The highest BCUT2D eigenvalue weighted by Crippen LogP contribution is 2.20. The molecule has 3 heteroatoms. The third kappa shape index (κ3) is 5.91. The standard InChI is InChI=1S/C13H23NO2/c1-2-13(15)14-10-6-7-11-16-12-8-4-3-5-9-12/h2,12H,1,3-11H2,(H,14,15). The molecule has 1 rings (SSSR count). The van der Waals surface area contributed by atoms with Crippen molar-refractivity contribution >= 4 is 5.91 Å². The van der Waals surface area contributed by atoms with E-state index in [1.165, 1.54) is 38.2 Å². The predicted molar refractivity (Wildman–Crippen MR) is 65.3 cm³/mol. The van der Waals surface area contributed by atoms with E-state index in [0.29, 0.717) is 6.10 Å². The van der Waals surface area contributed by atoms with Crippen LogP contribution in [-0.4, -0.2) is 25.2 Å². The number of ether oxygens (including phenoxy) is 1. The van der Waals surface area contributed by atoms with Crippen LogP contribution in [0.4, 0.5) is 0 Å². The van der Waals surface area contributed by atoms with Crippen LogP contribution in [0.1, 0.15) is 44.9 Å². The van der Waals surface area contributed by atoms with E-state index in [-0.39, 0.29) is 5.91 Å². The van der Waals surface area contributed by atoms with Crippen molar-refractivity contribution in [2.45, 2.75) is 51.0 Å². The van der Waals surface area contributed by atoms with E-state index in [2.05, 4.69) is 11.9 Å². The van der Waals surface area contributed by atoms with E-state index in [0.717, 1.165) is 26.0 Å². The molecule has 92 valence electrons. The Labute approximate surface area is 98.2 Å². The zero-order valence-electron chi connectivity index (χ0n) is 10.0. The summed E-state index contributed by atoms with van der Waals surface area (Å²) in [5.41, 5.74) is 0. The van der Waals surface area contributed by atoms with Crippen molar-refractivity contribution in [1.82, 2.24) is 5.32 Å². The Morgan fingerprint density at radius 1 is 1.31 bits per heavy atom. The van der Waals surface area contributed by atoms with Gasteiger partial charge in [-0.3, -0.25) is 4.79 Å². The van der Waals surface area contributed by atoms with Gasteiger partial charge in [0.15, 0.2) is 0 Å². The zero-order valence-corrected chi connectivity index (χ0v) is 10.0. The van der Waals surface area contributed by atoms with Gasteiger partial charge in [-0.25, -0.2) is 0 Å². The van der Waals surface area contributed by atoms with Crippen molar-refractivity contribution in [2.24, 2.45) is 0 Å². The Kier molecular flexibility index (Phi) is 6.90. The zero-order chi connectivity index (χ0) is 11.6. The van der Waals surface area contributed by atoms with Gasteiger partial charge >= 0.3 is 0 Å². The van der Waals surface area contributed by atoms with Crippen LogP contribution in [0.5, 0.6) is 0 Å². The summed E-state index contributed by atoms with van der Waals surface area (Å²) >= 11 is 0. The summed E-state index contributed by atoms with van der Waals surface area (Å²) < 4.78 is 5.78. The molecule has 0 radical (unpaired) electrons. The smallest absolute Gasteiger partial charge is 0.243 e. The second-order valence-corrected chi connectivity index (χ2v) is 4.33. The molecule has 1 aliphatic carbocycles. The van der Waals surface area contributed by atoms with Crippen LogP contribution in [0.2, 0.25) is 0 Å². The van der Waals surface area contributed by atoms with Crippen LogP contribution in [0.25, 0.3) is 0 Å². The number of hydrogen-bond donors (Lipinski definition) is 1. The summed E-state index contributed by atoms with van der Waals surface area (Å²) in [6, 6.07) is 0. The molecular weight excluding hydrogens is 202 g/mol. The second-order valence-electron chi connectivity index (χ2n) is 4.33. The van der Waals surface area contributed by atoms with Crippen LogP contribution >= 0.6 is 0 Å². The Balaban J connectivity index is 1.87. The largest absolute Gasteiger partial charge is 0.378 e. The summed E-state index contributed by atoms with van der Waals surface area (Å²) in [4.78, 5) is 10.8. The van der Waals surface area contributed by atoms with Gasteiger partial charge in [0.1, 0.15) is 0 Å². The lowest BCUT2D eigenvalue weighted by molar-refractivity contribution is -0.116. The molecule has 0 atom stereocenters. The fourth-order valence-corrected chi connectivity index (χ4v) is 1.99. The lowest BCUT2D eigenvalue weighted by Gasteiger charge is -2.21. The highest BCUT2D eigenvalue weighted by molar-refractivity contribution is 5.86. The van der Waals surface area contributed by atoms with Crippen molar-refractivity contribution in [3.63, 3.8) is 0 Å². The summed E-state index contributed by atoms with van der Waals surface area (Å²) in [5.74, 6) is -0.0896. The van der Waals surface area contributed by atoms with Gasteiger partial charge in [-0.1, -0.05) is 25.8 Å². The fraction of sp³-hybridized carbons (Fsp3) is 0.769. The fourth-order valence-electron chi connectivity index (χ4n) is 1.99. The maximum atomic E-state index is 10.8. The first-order chi connectivity index (χ1) is 7.83. The molecule has 1 aliphatic rings. The van der Waals surface area contributed by atoms with Crippen LogP contribution in [0.3, 0.4) is 0 Å². The van der Waals surface area contributed by atoms with Crippen molar-refractivity contribution in [3.05, 3.63) is 12.7 Å². The molecule has 0 unspecified atom stereocenters. The molecule has 0 spiro atoms. The average Bonchev–Trinajstić information content (AvgIpc) is 2.34. The monoisotopic (exact) mass is 225 g/mol. The molecule has 0 aromatic carbocycles. The summed E-state index contributed by atoms with van der Waals surface area (Å²) in [6.45, 7) is 4.95. The third-order valence-corrected chi connectivity index (χ3v) is 2.96. The maximum absolute atomic E-state index is 10.8. The minimum atomic E-state index is -0.0896. The molecule has 0 aromatic heterocycles. The number of unbranched alkanes of at least 4 members (excludes halogenated alkanes) is 1. The Morgan fingerprint density at radius 3 is 2.75 bits per heavy atom. The molecule has 3 nitrogen and oxygen atoms in total. The second kappa shape index (κ2) is 8.34. The number of carbonyl (C=O) groups is 1. The highest BCUT2D eigenvalue weighted by atomic mass is 16.5. The first kappa shape index (κ1) is 13.2. The van der Waals surface area contributed by atoms with Gasteiger partial charge in [-0.15, -0.1) is 0 Å². The Morgan fingerprint density at radius 2 is 2.06 bits per heavy atom. The number of hydrogen-bond acceptors (Lipinski definition) is 2. The first-order valence-electron chi connectivity index (χ1n) is 6.35. The van der Waals surface area contributed by atoms with Crippen LogP contribution in [0, 0.1) is 0 Å². The van der Waals surface area contributed by atoms with E-state index in [9.17, 15) is 4.79 Å². The van der Waals surface area contributed by atoms with E-state index >= 15 is 0 Å². The minimum absolute atomic E-state index is 0.0896. The molecule has 16 heavy (non-hydrogen) atoms. The molecule has 0 saturated heterocycles. The van der Waals surface area contributed by atoms with E-state index in [1.54, 1.807) is 0 Å².